The van der Waals surface area contributed by atoms with Crippen molar-refractivity contribution in [3.63, 3.8) is 0 Å². The number of hydrogen-bond donors (Lipinski definition) is 0. The van der Waals surface area contributed by atoms with Crippen molar-refractivity contribution in [2.45, 2.75) is 51.8 Å². The Labute approximate surface area is 158 Å². The van der Waals surface area contributed by atoms with E-state index in [1.54, 1.807) is 4.90 Å². The summed E-state index contributed by atoms with van der Waals surface area (Å²) in [6.45, 7) is 7.94. The molecule has 0 aliphatic carbocycles. The third-order valence-electron chi connectivity index (χ3n) is 4.21. The number of likely N-dealkylation sites (tertiary alicyclic amines) is 1. The van der Waals surface area contributed by atoms with E-state index in [0.29, 0.717) is 6.04 Å². The minimum absolute atomic E-state index is 0.211. The maximum Gasteiger partial charge on any atom is 0.410 e. The lowest BCUT2D eigenvalue weighted by atomic mass is 10.0. The molecule has 134 valence electrons. The van der Waals surface area contributed by atoms with Crippen molar-refractivity contribution in [3.05, 3.63) is 33.3 Å². The van der Waals surface area contributed by atoms with Crippen molar-refractivity contribution in [1.29, 1.82) is 0 Å². The molecule has 0 spiro atoms. The van der Waals surface area contributed by atoms with Crippen LogP contribution in [-0.2, 0) is 11.3 Å². The van der Waals surface area contributed by atoms with Crippen LogP contribution in [0.2, 0.25) is 5.02 Å². The van der Waals surface area contributed by atoms with E-state index in [2.05, 4.69) is 27.9 Å². The first-order valence-corrected chi connectivity index (χ1v) is 9.45. The predicted molar refractivity (Wildman–Crippen MR) is 101 cm³/mol. The molecule has 1 aromatic rings. The third-order valence-corrected chi connectivity index (χ3v) is 5.31. The van der Waals surface area contributed by atoms with Gasteiger partial charge in [0.25, 0.3) is 0 Å². The highest BCUT2D eigenvalue weighted by molar-refractivity contribution is 9.10. The molecule has 4 nitrogen and oxygen atoms in total. The third kappa shape index (κ3) is 5.36. The van der Waals surface area contributed by atoms with E-state index in [0.717, 1.165) is 47.5 Å². The van der Waals surface area contributed by atoms with E-state index < -0.39 is 5.60 Å². The molecular weight excluding hydrogens is 392 g/mol. The van der Waals surface area contributed by atoms with Crippen LogP contribution in [0.5, 0.6) is 0 Å². The normalized spacial score (nSPS) is 16.5. The van der Waals surface area contributed by atoms with Gasteiger partial charge in [-0.1, -0.05) is 33.6 Å². The zero-order chi connectivity index (χ0) is 17.9. The van der Waals surface area contributed by atoms with Gasteiger partial charge in [0, 0.05) is 35.2 Å². The maximum atomic E-state index is 12.1. The Bertz CT molecular complexity index is 561. The molecule has 2 rings (SSSR count). The second-order valence-electron chi connectivity index (χ2n) is 7.31. The number of carbonyl (C=O) groups is 1. The van der Waals surface area contributed by atoms with Crippen LogP contribution in [0.25, 0.3) is 0 Å². The molecule has 0 unspecified atom stereocenters. The van der Waals surface area contributed by atoms with Gasteiger partial charge in [-0.15, -0.1) is 0 Å². The summed E-state index contributed by atoms with van der Waals surface area (Å²) in [4.78, 5) is 16.3. The van der Waals surface area contributed by atoms with Gasteiger partial charge in [0.05, 0.1) is 0 Å². The Morgan fingerprint density at radius 2 is 2.00 bits per heavy atom. The predicted octanol–water partition coefficient (Wildman–Crippen LogP) is 4.93. The fourth-order valence-corrected chi connectivity index (χ4v) is 3.72. The minimum Gasteiger partial charge on any atom is -0.444 e. The van der Waals surface area contributed by atoms with E-state index in [4.69, 9.17) is 16.3 Å². The van der Waals surface area contributed by atoms with E-state index in [1.165, 1.54) is 0 Å². The van der Waals surface area contributed by atoms with Crippen LogP contribution in [-0.4, -0.2) is 47.7 Å². The second-order valence-corrected chi connectivity index (χ2v) is 8.58. The Morgan fingerprint density at radius 3 is 2.54 bits per heavy atom. The molecule has 1 fully saturated rings. The van der Waals surface area contributed by atoms with E-state index in [9.17, 15) is 4.79 Å². The molecule has 0 N–H and O–H groups in total. The van der Waals surface area contributed by atoms with Crippen LogP contribution >= 0.6 is 27.5 Å². The van der Waals surface area contributed by atoms with Gasteiger partial charge in [0.1, 0.15) is 5.60 Å². The van der Waals surface area contributed by atoms with Crippen molar-refractivity contribution in [3.8, 4) is 0 Å². The molecule has 0 radical (unpaired) electrons. The number of hydrogen-bond acceptors (Lipinski definition) is 3. The smallest absolute Gasteiger partial charge is 0.410 e. The van der Waals surface area contributed by atoms with Gasteiger partial charge in [-0.2, -0.15) is 0 Å². The first-order valence-electron chi connectivity index (χ1n) is 8.28. The first-order chi connectivity index (χ1) is 11.2. The fourth-order valence-electron chi connectivity index (χ4n) is 2.88. The first kappa shape index (κ1) is 19.5. The molecule has 1 saturated heterocycles. The highest BCUT2D eigenvalue weighted by Gasteiger charge is 2.28. The highest BCUT2D eigenvalue weighted by Crippen LogP contribution is 2.27. The van der Waals surface area contributed by atoms with Crippen LogP contribution in [0.1, 0.15) is 39.2 Å². The summed E-state index contributed by atoms with van der Waals surface area (Å²) in [7, 11) is 2.11. The monoisotopic (exact) mass is 416 g/mol. The number of rotatable bonds is 3. The standard InChI is InChI=1S/C18H26BrClN2O2/c1-18(2,3)24-17(23)22-10-8-13(9-11-22)21(4)12-14-15(19)6-5-7-16(14)20/h5-7,13H,8-12H2,1-4H3. The topological polar surface area (TPSA) is 32.8 Å². The van der Waals surface area contributed by atoms with E-state index in [1.807, 2.05) is 39.0 Å². The molecule has 24 heavy (non-hydrogen) atoms. The Kier molecular flexibility index (Phi) is 6.57. The number of piperidine rings is 1. The molecule has 1 amide bonds. The molecule has 1 aliphatic heterocycles. The van der Waals surface area contributed by atoms with Crippen molar-refractivity contribution < 1.29 is 9.53 Å². The zero-order valence-corrected chi connectivity index (χ0v) is 17.2. The summed E-state index contributed by atoms with van der Waals surface area (Å²) in [5, 5.41) is 0.780. The Hall–Kier alpha value is -0.780. The molecule has 0 atom stereocenters. The number of benzene rings is 1. The molecule has 1 aliphatic rings. The summed E-state index contributed by atoms with van der Waals surface area (Å²) in [6.07, 6.45) is 1.67. The van der Waals surface area contributed by atoms with Crippen molar-refractivity contribution in [1.82, 2.24) is 9.80 Å². The van der Waals surface area contributed by atoms with Crippen LogP contribution < -0.4 is 0 Å². The van der Waals surface area contributed by atoms with Gasteiger partial charge in [0.15, 0.2) is 0 Å². The zero-order valence-electron chi connectivity index (χ0n) is 14.8. The SMILES string of the molecule is CN(Cc1c(Cl)cccc1Br)C1CCN(C(=O)OC(C)(C)C)CC1. The number of amides is 1. The fraction of sp³-hybridized carbons (Fsp3) is 0.611. The lowest BCUT2D eigenvalue weighted by Crippen LogP contribution is -2.46. The second kappa shape index (κ2) is 8.07. The lowest BCUT2D eigenvalue weighted by molar-refractivity contribution is 0.0153. The summed E-state index contributed by atoms with van der Waals surface area (Å²) < 4.78 is 6.48. The Balaban J connectivity index is 1.89. The van der Waals surface area contributed by atoms with Crippen molar-refractivity contribution in [2.75, 3.05) is 20.1 Å². The maximum absolute atomic E-state index is 12.1. The van der Waals surface area contributed by atoms with Crippen molar-refractivity contribution in [2.24, 2.45) is 0 Å². The molecule has 6 heteroatoms. The van der Waals surface area contributed by atoms with E-state index >= 15 is 0 Å². The number of nitrogens with zero attached hydrogens (tertiary/aromatic N) is 2. The number of ether oxygens (including phenoxy) is 1. The molecule has 1 aromatic carbocycles. The number of carbonyl (C=O) groups excluding carboxylic acids is 1. The Morgan fingerprint density at radius 1 is 1.38 bits per heavy atom. The largest absolute Gasteiger partial charge is 0.444 e. The van der Waals surface area contributed by atoms with Crippen LogP contribution in [0, 0.1) is 0 Å². The van der Waals surface area contributed by atoms with Gasteiger partial charge < -0.3 is 9.64 Å². The van der Waals surface area contributed by atoms with Gasteiger partial charge in [-0.3, -0.25) is 4.90 Å². The summed E-state index contributed by atoms with van der Waals surface area (Å²) in [5.41, 5.74) is 0.664. The molecular formula is C18H26BrClN2O2. The molecule has 0 aromatic heterocycles. The highest BCUT2D eigenvalue weighted by atomic mass is 79.9. The quantitative estimate of drug-likeness (QED) is 0.699. The van der Waals surface area contributed by atoms with Crippen LogP contribution in [0.3, 0.4) is 0 Å². The minimum atomic E-state index is -0.443. The molecule has 0 saturated carbocycles. The average Bonchev–Trinajstić information content (AvgIpc) is 2.49. The van der Waals surface area contributed by atoms with Crippen molar-refractivity contribution >= 4 is 33.6 Å². The van der Waals surface area contributed by atoms with Gasteiger partial charge in [-0.25, -0.2) is 4.79 Å². The summed E-state index contributed by atoms with van der Waals surface area (Å²) in [6, 6.07) is 6.31. The van der Waals surface area contributed by atoms with Crippen LogP contribution in [0.15, 0.2) is 22.7 Å². The molecule has 0 bridgehead atoms. The van der Waals surface area contributed by atoms with Gasteiger partial charge in [0.2, 0.25) is 0 Å². The molecule has 1 heterocycles. The average molecular weight is 418 g/mol. The van der Waals surface area contributed by atoms with Gasteiger partial charge >= 0.3 is 6.09 Å². The number of halogens is 2. The summed E-state index contributed by atoms with van der Waals surface area (Å²) >= 11 is 9.89. The van der Waals surface area contributed by atoms with Crippen LogP contribution in [0.4, 0.5) is 4.79 Å². The lowest BCUT2D eigenvalue weighted by Gasteiger charge is -2.37. The summed E-state index contributed by atoms with van der Waals surface area (Å²) in [5.74, 6) is 0. The van der Waals surface area contributed by atoms with E-state index in [-0.39, 0.29) is 6.09 Å². The van der Waals surface area contributed by atoms with Gasteiger partial charge in [-0.05, 0) is 58.4 Å².